The Labute approximate surface area is 130 Å². The van der Waals surface area contributed by atoms with E-state index >= 15 is 0 Å². The summed E-state index contributed by atoms with van der Waals surface area (Å²) in [4.78, 5) is 0. The fourth-order valence-corrected chi connectivity index (χ4v) is 2.20. The maximum absolute atomic E-state index is 5.96. The number of benzene rings is 1. The number of nitrogens with zero attached hydrogens (tertiary/aromatic N) is 2. The van der Waals surface area contributed by atoms with E-state index in [9.17, 15) is 0 Å². The van der Waals surface area contributed by atoms with Gasteiger partial charge in [-0.2, -0.15) is 0 Å². The highest BCUT2D eigenvalue weighted by Gasteiger charge is 2.10. The van der Waals surface area contributed by atoms with Gasteiger partial charge in [-0.3, -0.25) is 0 Å². The van der Waals surface area contributed by atoms with Crippen molar-refractivity contribution in [3.8, 4) is 0 Å². The van der Waals surface area contributed by atoms with Gasteiger partial charge in [0.25, 0.3) is 0 Å². The Kier molecular flexibility index (Phi) is 5.37. The van der Waals surface area contributed by atoms with Crippen molar-refractivity contribution < 1.29 is 4.42 Å². The first-order valence-corrected chi connectivity index (χ1v) is 7.61. The first-order chi connectivity index (χ1) is 9.92. The summed E-state index contributed by atoms with van der Waals surface area (Å²) in [7, 11) is 0. The van der Waals surface area contributed by atoms with Crippen LogP contribution < -0.4 is 5.32 Å². The molecule has 0 unspecified atom stereocenters. The van der Waals surface area contributed by atoms with E-state index in [1.165, 1.54) is 0 Å². The highest BCUT2D eigenvalue weighted by atomic mass is 35.5. The molecule has 5 heteroatoms. The van der Waals surface area contributed by atoms with Crippen LogP contribution in [0.4, 0.5) is 0 Å². The molecular formula is C16H22ClN3O. The molecule has 114 valence electrons. The zero-order valence-corrected chi connectivity index (χ0v) is 13.6. The van der Waals surface area contributed by atoms with Crippen LogP contribution in [0.5, 0.6) is 0 Å². The Morgan fingerprint density at radius 3 is 2.67 bits per heavy atom. The van der Waals surface area contributed by atoms with E-state index in [0.29, 0.717) is 18.2 Å². The predicted molar refractivity (Wildman–Crippen MR) is 84.6 cm³/mol. The normalized spacial score (nSPS) is 11.8. The predicted octanol–water partition coefficient (Wildman–Crippen LogP) is 3.63. The van der Waals surface area contributed by atoms with Gasteiger partial charge < -0.3 is 9.73 Å². The highest BCUT2D eigenvalue weighted by molar-refractivity contribution is 6.30. The maximum Gasteiger partial charge on any atom is 0.220 e. The SMILES string of the molecule is CC(C)(C)NCCCc1nnc(Cc2cccc(Cl)c2)o1. The molecule has 0 aliphatic carbocycles. The maximum atomic E-state index is 5.96. The van der Waals surface area contributed by atoms with Crippen molar-refractivity contribution in [3.05, 3.63) is 46.6 Å². The summed E-state index contributed by atoms with van der Waals surface area (Å²) in [6.07, 6.45) is 2.40. The third-order valence-electron chi connectivity index (χ3n) is 2.98. The van der Waals surface area contributed by atoms with Crippen LogP contribution in [-0.2, 0) is 12.8 Å². The summed E-state index contributed by atoms with van der Waals surface area (Å²) in [5, 5.41) is 12.3. The zero-order valence-electron chi connectivity index (χ0n) is 12.8. The minimum atomic E-state index is 0.145. The minimum Gasteiger partial charge on any atom is -0.425 e. The molecule has 0 amide bonds. The fourth-order valence-electron chi connectivity index (χ4n) is 1.99. The van der Waals surface area contributed by atoms with E-state index in [-0.39, 0.29) is 5.54 Å². The largest absolute Gasteiger partial charge is 0.425 e. The molecule has 0 aliphatic heterocycles. The Morgan fingerprint density at radius 2 is 1.95 bits per heavy atom. The van der Waals surface area contributed by atoms with Crippen molar-refractivity contribution in [2.45, 2.75) is 45.6 Å². The van der Waals surface area contributed by atoms with Crippen molar-refractivity contribution in [2.75, 3.05) is 6.54 Å². The molecular weight excluding hydrogens is 286 g/mol. The first-order valence-electron chi connectivity index (χ1n) is 7.23. The van der Waals surface area contributed by atoms with Crippen LogP contribution in [0, 0.1) is 0 Å². The van der Waals surface area contributed by atoms with E-state index in [2.05, 4.69) is 36.3 Å². The van der Waals surface area contributed by atoms with Gasteiger partial charge in [0.2, 0.25) is 11.8 Å². The summed E-state index contributed by atoms with van der Waals surface area (Å²) in [6.45, 7) is 7.41. The van der Waals surface area contributed by atoms with Crippen LogP contribution in [0.15, 0.2) is 28.7 Å². The zero-order chi connectivity index (χ0) is 15.3. The standard InChI is InChI=1S/C16H22ClN3O/c1-16(2,3)18-9-5-8-14-19-20-15(21-14)11-12-6-4-7-13(17)10-12/h4,6-7,10,18H,5,8-9,11H2,1-3H3. The molecule has 1 N–H and O–H groups in total. The smallest absolute Gasteiger partial charge is 0.220 e. The Morgan fingerprint density at radius 1 is 1.19 bits per heavy atom. The van der Waals surface area contributed by atoms with E-state index in [1.807, 2.05) is 24.3 Å². The number of nitrogens with one attached hydrogen (secondary N) is 1. The van der Waals surface area contributed by atoms with Gasteiger partial charge in [-0.1, -0.05) is 23.7 Å². The van der Waals surface area contributed by atoms with Crippen molar-refractivity contribution in [2.24, 2.45) is 0 Å². The van der Waals surface area contributed by atoms with Gasteiger partial charge in [-0.25, -0.2) is 0 Å². The molecule has 0 atom stereocenters. The Balaban J connectivity index is 1.81. The molecule has 0 saturated carbocycles. The second-order valence-electron chi connectivity index (χ2n) is 6.18. The summed E-state index contributed by atoms with van der Waals surface area (Å²) < 4.78 is 5.67. The number of hydrogen-bond donors (Lipinski definition) is 1. The number of aromatic nitrogens is 2. The Hall–Kier alpha value is -1.39. The third kappa shape index (κ3) is 5.86. The van der Waals surface area contributed by atoms with Crippen LogP contribution in [0.3, 0.4) is 0 Å². The number of halogens is 1. The molecule has 4 nitrogen and oxygen atoms in total. The molecule has 1 heterocycles. The van der Waals surface area contributed by atoms with E-state index in [4.69, 9.17) is 16.0 Å². The Bertz CT molecular complexity index is 575. The van der Waals surface area contributed by atoms with Crippen LogP contribution in [0.1, 0.15) is 44.5 Å². The fraction of sp³-hybridized carbons (Fsp3) is 0.500. The van der Waals surface area contributed by atoms with Crippen molar-refractivity contribution in [3.63, 3.8) is 0 Å². The average Bonchev–Trinajstić information content (AvgIpc) is 2.81. The van der Waals surface area contributed by atoms with Crippen LogP contribution >= 0.6 is 11.6 Å². The summed E-state index contributed by atoms with van der Waals surface area (Å²) >= 11 is 5.96. The highest BCUT2D eigenvalue weighted by Crippen LogP contribution is 2.14. The lowest BCUT2D eigenvalue weighted by molar-refractivity contribution is 0.406. The molecule has 2 aromatic rings. The van der Waals surface area contributed by atoms with Crippen LogP contribution in [0.25, 0.3) is 0 Å². The van der Waals surface area contributed by atoms with E-state index in [1.54, 1.807) is 0 Å². The van der Waals surface area contributed by atoms with Crippen molar-refractivity contribution >= 4 is 11.6 Å². The second-order valence-corrected chi connectivity index (χ2v) is 6.61. The van der Waals surface area contributed by atoms with Crippen LogP contribution in [-0.4, -0.2) is 22.3 Å². The lowest BCUT2D eigenvalue weighted by atomic mass is 10.1. The van der Waals surface area contributed by atoms with Crippen molar-refractivity contribution in [1.29, 1.82) is 0 Å². The molecule has 1 aromatic carbocycles. The monoisotopic (exact) mass is 307 g/mol. The molecule has 1 aromatic heterocycles. The second kappa shape index (κ2) is 7.05. The molecule has 21 heavy (non-hydrogen) atoms. The summed E-state index contributed by atoms with van der Waals surface area (Å²) in [5.41, 5.74) is 1.22. The first kappa shape index (κ1) is 16.0. The third-order valence-corrected chi connectivity index (χ3v) is 3.21. The number of rotatable bonds is 6. The van der Waals surface area contributed by atoms with E-state index in [0.717, 1.165) is 30.0 Å². The molecule has 0 bridgehead atoms. The van der Waals surface area contributed by atoms with E-state index < -0.39 is 0 Å². The summed E-state index contributed by atoms with van der Waals surface area (Å²) in [6, 6.07) is 7.70. The number of hydrogen-bond acceptors (Lipinski definition) is 4. The van der Waals surface area contributed by atoms with Gasteiger partial charge in [-0.05, 0) is 51.4 Å². The van der Waals surface area contributed by atoms with Crippen LogP contribution in [0.2, 0.25) is 5.02 Å². The molecule has 0 aliphatic rings. The quantitative estimate of drug-likeness (QED) is 0.828. The van der Waals surface area contributed by atoms with Gasteiger partial charge in [0.15, 0.2) is 0 Å². The van der Waals surface area contributed by atoms with Gasteiger partial charge in [-0.15, -0.1) is 10.2 Å². The van der Waals surface area contributed by atoms with Gasteiger partial charge in [0, 0.05) is 17.0 Å². The van der Waals surface area contributed by atoms with Gasteiger partial charge >= 0.3 is 0 Å². The molecule has 0 saturated heterocycles. The lowest BCUT2D eigenvalue weighted by Crippen LogP contribution is -2.36. The average molecular weight is 308 g/mol. The van der Waals surface area contributed by atoms with Gasteiger partial charge in [0.05, 0.1) is 6.42 Å². The van der Waals surface area contributed by atoms with Crippen molar-refractivity contribution in [1.82, 2.24) is 15.5 Å². The lowest BCUT2D eigenvalue weighted by Gasteiger charge is -2.19. The minimum absolute atomic E-state index is 0.145. The molecule has 2 rings (SSSR count). The molecule has 0 radical (unpaired) electrons. The summed E-state index contributed by atoms with van der Waals surface area (Å²) in [5.74, 6) is 1.33. The number of aryl methyl sites for hydroxylation is 1. The molecule has 0 fully saturated rings. The molecule has 0 spiro atoms. The van der Waals surface area contributed by atoms with Gasteiger partial charge in [0.1, 0.15) is 0 Å². The topological polar surface area (TPSA) is 51.0 Å².